The summed E-state index contributed by atoms with van der Waals surface area (Å²) in [6.45, 7) is 5.21. The highest BCUT2D eigenvalue weighted by atomic mass is 16.7. The smallest absolute Gasteiger partial charge is 0.251 e. The molecule has 0 bridgehead atoms. The number of nitrogens with one attached hydrogen (secondary N) is 1. The Balaban J connectivity index is 1.12. The van der Waals surface area contributed by atoms with Gasteiger partial charge < -0.3 is 24.8 Å². The van der Waals surface area contributed by atoms with Crippen molar-refractivity contribution in [3.8, 4) is 17.2 Å². The van der Waals surface area contributed by atoms with Gasteiger partial charge in [0.25, 0.3) is 5.91 Å². The highest BCUT2D eigenvalue weighted by molar-refractivity contribution is 5.94. The van der Waals surface area contributed by atoms with Crippen molar-refractivity contribution in [2.75, 3.05) is 44.4 Å². The zero-order chi connectivity index (χ0) is 23.3. The van der Waals surface area contributed by atoms with Gasteiger partial charge in [-0.15, -0.1) is 0 Å². The van der Waals surface area contributed by atoms with E-state index in [0.29, 0.717) is 25.3 Å². The van der Waals surface area contributed by atoms with Crippen LogP contribution in [0.5, 0.6) is 17.2 Å². The topological polar surface area (TPSA) is 87.2 Å². The van der Waals surface area contributed by atoms with Crippen LogP contribution in [0, 0.1) is 0 Å². The molecule has 0 unspecified atom stereocenters. The Bertz CT molecular complexity index is 1140. The number of fused-ring (bicyclic) bond motifs is 1. The highest BCUT2D eigenvalue weighted by Gasteiger charge is 2.20. The van der Waals surface area contributed by atoms with E-state index in [9.17, 15) is 9.90 Å². The van der Waals surface area contributed by atoms with Gasteiger partial charge in [0.1, 0.15) is 11.6 Å². The van der Waals surface area contributed by atoms with Crippen LogP contribution < -0.4 is 19.7 Å². The van der Waals surface area contributed by atoms with Crippen LogP contribution in [0.4, 0.5) is 5.82 Å². The van der Waals surface area contributed by atoms with E-state index in [-0.39, 0.29) is 11.7 Å². The molecule has 0 saturated carbocycles. The second kappa shape index (κ2) is 10.0. The minimum absolute atomic E-state index is 0.108. The molecule has 1 aromatic heterocycles. The van der Waals surface area contributed by atoms with Gasteiger partial charge in [0, 0.05) is 51.0 Å². The zero-order valence-corrected chi connectivity index (χ0v) is 18.9. The Kier molecular flexibility index (Phi) is 6.49. The molecule has 1 saturated heterocycles. The molecule has 2 aliphatic rings. The van der Waals surface area contributed by atoms with E-state index in [1.165, 1.54) is 5.56 Å². The number of phenols is 1. The molecule has 2 aliphatic heterocycles. The third-order valence-electron chi connectivity index (χ3n) is 6.18. The molecule has 34 heavy (non-hydrogen) atoms. The van der Waals surface area contributed by atoms with Crippen LogP contribution in [0.2, 0.25) is 0 Å². The Hall–Kier alpha value is -3.78. The van der Waals surface area contributed by atoms with Crippen LogP contribution in [-0.4, -0.2) is 60.4 Å². The first-order valence-corrected chi connectivity index (χ1v) is 11.5. The molecule has 5 rings (SSSR count). The minimum atomic E-state index is -0.108. The van der Waals surface area contributed by atoms with Crippen molar-refractivity contribution in [3.63, 3.8) is 0 Å². The summed E-state index contributed by atoms with van der Waals surface area (Å²) in [6, 6.07) is 16.8. The number of ether oxygens (including phenoxy) is 2. The van der Waals surface area contributed by atoms with E-state index >= 15 is 0 Å². The quantitative estimate of drug-likeness (QED) is 0.561. The van der Waals surface area contributed by atoms with Crippen molar-refractivity contribution in [3.05, 3.63) is 77.5 Å². The van der Waals surface area contributed by atoms with E-state index in [0.717, 1.165) is 55.6 Å². The maximum atomic E-state index is 12.6. The second-order valence-electron chi connectivity index (χ2n) is 8.53. The molecule has 2 aromatic carbocycles. The summed E-state index contributed by atoms with van der Waals surface area (Å²) in [5.74, 6) is 2.59. The normalized spacial score (nSPS) is 15.4. The van der Waals surface area contributed by atoms with Crippen molar-refractivity contribution >= 4 is 11.7 Å². The Morgan fingerprint density at radius 2 is 1.71 bits per heavy atom. The molecule has 8 nitrogen and oxygen atoms in total. The molecule has 176 valence electrons. The van der Waals surface area contributed by atoms with E-state index < -0.39 is 0 Å². The maximum absolute atomic E-state index is 12.6. The Morgan fingerprint density at radius 3 is 2.53 bits per heavy atom. The van der Waals surface area contributed by atoms with Gasteiger partial charge in [-0.1, -0.05) is 18.2 Å². The van der Waals surface area contributed by atoms with Gasteiger partial charge in [0.15, 0.2) is 11.5 Å². The van der Waals surface area contributed by atoms with Crippen molar-refractivity contribution in [2.24, 2.45) is 0 Å². The van der Waals surface area contributed by atoms with Gasteiger partial charge in [0.2, 0.25) is 6.79 Å². The van der Waals surface area contributed by atoms with Crippen LogP contribution in [0.1, 0.15) is 21.5 Å². The third-order valence-corrected chi connectivity index (χ3v) is 6.18. The van der Waals surface area contributed by atoms with E-state index in [4.69, 9.17) is 9.47 Å². The van der Waals surface area contributed by atoms with Crippen LogP contribution in [0.25, 0.3) is 0 Å². The SMILES string of the molecule is O=C(NCCc1ccc(O)cc1)c1ccnc(N2CCN(Cc3ccc4c(c3)OCO4)CC2)c1. The maximum Gasteiger partial charge on any atom is 0.251 e. The fourth-order valence-corrected chi connectivity index (χ4v) is 4.25. The van der Waals surface area contributed by atoms with Gasteiger partial charge >= 0.3 is 0 Å². The van der Waals surface area contributed by atoms with Gasteiger partial charge in [-0.25, -0.2) is 4.98 Å². The van der Waals surface area contributed by atoms with Crippen LogP contribution in [0.15, 0.2) is 60.8 Å². The molecule has 2 N–H and O–H groups in total. The number of hydrogen-bond donors (Lipinski definition) is 2. The highest BCUT2D eigenvalue weighted by Crippen LogP contribution is 2.33. The molecule has 1 amide bonds. The van der Waals surface area contributed by atoms with Crippen LogP contribution in [0.3, 0.4) is 0 Å². The number of carbonyl (C=O) groups excluding carboxylic acids is 1. The molecule has 3 aromatic rings. The first-order chi connectivity index (χ1) is 16.6. The Morgan fingerprint density at radius 1 is 0.941 bits per heavy atom. The minimum Gasteiger partial charge on any atom is -0.508 e. The summed E-state index contributed by atoms with van der Waals surface area (Å²) in [5.41, 5.74) is 2.88. The number of pyridine rings is 1. The summed E-state index contributed by atoms with van der Waals surface area (Å²) >= 11 is 0. The molecule has 0 aliphatic carbocycles. The molecular formula is C26H28N4O4. The van der Waals surface area contributed by atoms with Gasteiger partial charge in [0.05, 0.1) is 0 Å². The number of hydrogen-bond acceptors (Lipinski definition) is 7. The number of amides is 1. The third kappa shape index (κ3) is 5.23. The first-order valence-electron chi connectivity index (χ1n) is 11.5. The number of anilines is 1. The fraction of sp³-hybridized carbons (Fsp3) is 0.308. The number of aromatic hydroxyl groups is 1. The molecular weight excluding hydrogens is 432 g/mol. The summed E-state index contributed by atoms with van der Waals surface area (Å²) in [4.78, 5) is 21.8. The molecule has 0 spiro atoms. The van der Waals surface area contributed by atoms with Crippen LogP contribution in [-0.2, 0) is 13.0 Å². The largest absolute Gasteiger partial charge is 0.508 e. The standard InChI is InChI=1S/C26H28N4O4/c31-22-4-1-19(2-5-22)7-9-28-26(32)21-8-10-27-25(16-21)30-13-11-29(12-14-30)17-20-3-6-23-24(15-20)34-18-33-23/h1-6,8,10,15-16,31H,7,9,11-14,17-18H2,(H,28,32). The van der Waals surface area contributed by atoms with Crippen LogP contribution >= 0.6 is 0 Å². The average Bonchev–Trinajstić information content (AvgIpc) is 3.34. The predicted octanol–water partition coefficient (Wildman–Crippen LogP) is 2.81. The fourth-order valence-electron chi connectivity index (χ4n) is 4.25. The number of carbonyl (C=O) groups is 1. The second-order valence-corrected chi connectivity index (χ2v) is 8.53. The monoisotopic (exact) mass is 460 g/mol. The van der Waals surface area contributed by atoms with Gasteiger partial charge in [-0.05, 0) is 53.9 Å². The van der Waals surface area contributed by atoms with Crippen molar-refractivity contribution in [2.45, 2.75) is 13.0 Å². The molecule has 1 fully saturated rings. The lowest BCUT2D eigenvalue weighted by Crippen LogP contribution is -2.46. The van der Waals surface area contributed by atoms with Crippen molar-refractivity contribution < 1.29 is 19.4 Å². The summed E-state index contributed by atoms with van der Waals surface area (Å²) in [5, 5.41) is 12.3. The lowest BCUT2D eigenvalue weighted by Gasteiger charge is -2.35. The molecule has 3 heterocycles. The number of rotatable bonds is 7. The molecule has 0 atom stereocenters. The average molecular weight is 461 g/mol. The summed E-state index contributed by atoms with van der Waals surface area (Å²) < 4.78 is 10.9. The lowest BCUT2D eigenvalue weighted by atomic mass is 10.1. The van der Waals surface area contributed by atoms with E-state index in [2.05, 4.69) is 32.2 Å². The number of phenolic OH excluding ortho intramolecular Hbond substituents is 1. The van der Waals surface area contributed by atoms with Crippen molar-refractivity contribution in [1.29, 1.82) is 0 Å². The molecule has 0 radical (unpaired) electrons. The Labute approximate surface area is 198 Å². The first kappa shape index (κ1) is 22.0. The van der Waals surface area contributed by atoms with Gasteiger partial charge in [-0.2, -0.15) is 0 Å². The lowest BCUT2D eigenvalue weighted by molar-refractivity contribution is 0.0954. The van der Waals surface area contributed by atoms with E-state index in [1.54, 1.807) is 24.4 Å². The predicted molar refractivity (Wildman–Crippen MR) is 128 cm³/mol. The number of piperazine rings is 1. The van der Waals surface area contributed by atoms with E-state index in [1.807, 2.05) is 24.3 Å². The number of nitrogens with zero attached hydrogens (tertiary/aromatic N) is 3. The number of benzene rings is 2. The molecule has 8 heteroatoms. The number of aromatic nitrogens is 1. The van der Waals surface area contributed by atoms with Gasteiger partial charge in [-0.3, -0.25) is 9.69 Å². The van der Waals surface area contributed by atoms with Crippen molar-refractivity contribution in [1.82, 2.24) is 15.2 Å². The zero-order valence-electron chi connectivity index (χ0n) is 18.9. The summed E-state index contributed by atoms with van der Waals surface area (Å²) in [7, 11) is 0. The summed E-state index contributed by atoms with van der Waals surface area (Å²) in [6.07, 6.45) is 2.40.